The number of carbonyl (C=O) groups excluding carboxylic acids is 1. The van der Waals surface area contributed by atoms with E-state index in [2.05, 4.69) is 4.90 Å². The van der Waals surface area contributed by atoms with Gasteiger partial charge in [0.05, 0.1) is 5.92 Å². The zero-order valence-corrected chi connectivity index (χ0v) is 10.2. The fourth-order valence-electron chi connectivity index (χ4n) is 2.14. The Labute approximate surface area is 105 Å². The number of nitrogens with zero attached hydrogens (tertiary/aromatic N) is 1. The van der Waals surface area contributed by atoms with Gasteiger partial charge in [0.15, 0.2) is 0 Å². The Morgan fingerprint density at radius 2 is 2.35 bits per heavy atom. The third kappa shape index (κ3) is 2.70. The summed E-state index contributed by atoms with van der Waals surface area (Å²) in [5.74, 6) is -0.143. The smallest absolute Gasteiger partial charge is 0.221 e. The second-order valence-electron chi connectivity index (χ2n) is 4.36. The molecule has 0 saturated carbocycles. The van der Waals surface area contributed by atoms with Crippen LogP contribution in [0, 0.1) is 5.92 Å². The first-order valence-corrected chi connectivity index (χ1v) is 5.93. The van der Waals surface area contributed by atoms with E-state index in [-0.39, 0.29) is 17.6 Å². The maximum Gasteiger partial charge on any atom is 0.221 e. The molecule has 3 N–H and O–H groups in total. The van der Waals surface area contributed by atoms with E-state index >= 15 is 0 Å². The first kappa shape index (κ1) is 12.2. The van der Waals surface area contributed by atoms with E-state index in [0.29, 0.717) is 23.7 Å². The standard InChI is InChI=1S/C12H15ClN2O2/c13-10-2-1-3-11(16)9(10)7-15-5-4-8(6-15)12(14)17/h1-3,8,16H,4-7H2,(H2,14,17). The monoisotopic (exact) mass is 254 g/mol. The van der Waals surface area contributed by atoms with Crippen molar-refractivity contribution in [3.63, 3.8) is 0 Å². The van der Waals surface area contributed by atoms with Crippen molar-refractivity contribution in [2.45, 2.75) is 13.0 Å². The van der Waals surface area contributed by atoms with Crippen LogP contribution in [0.3, 0.4) is 0 Å². The molecule has 1 saturated heterocycles. The fraction of sp³-hybridized carbons (Fsp3) is 0.417. The van der Waals surface area contributed by atoms with Crippen molar-refractivity contribution in [3.05, 3.63) is 28.8 Å². The molecule has 1 fully saturated rings. The van der Waals surface area contributed by atoms with Gasteiger partial charge in [-0.1, -0.05) is 17.7 Å². The Bertz CT molecular complexity index is 416. The molecule has 1 atom stereocenters. The Kier molecular flexibility index (Phi) is 3.54. The molecule has 2 rings (SSSR count). The number of halogens is 1. The van der Waals surface area contributed by atoms with Crippen LogP contribution >= 0.6 is 11.6 Å². The van der Waals surface area contributed by atoms with Crippen LogP contribution in [0.2, 0.25) is 5.02 Å². The second kappa shape index (κ2) is 4.94. The number of phenols is 1. The van der Waals surface area contributed by atoms with Crippen LogP contribution in [0.4, 0.5) is 0 Å². The molecule has 0 spiro atoms. The molecule has 1 aromatic rings. The van der Waals surface area contributed by atoms with E-state index in [9.17, 15) is 9.90 Å². The van der Waals surface area contributed by atoms with Crippen LogP contribution in [0.5, 0.6) is 5.75 Å². The maximum atomic E-state index is 11.1. The summed E-state index contributed by atoms with van der Waals surface area (Å²) >= 11 is 6.03. The number of phenolic OH excluding ortho intramolecular Hbond substituents is 1. The van der Waals surface area contributed by atoms with Gasteiger partial charge >= 0.3 is 0 Å². The minimum atomic E-state index is -0.254. The van der Waals surface area contributed by atoms with Crippen molar-refractivity contribution in [1.82, 2.24) is 4.90 Å². The van der Waals surface area contributed by atoms with Crippen molar-refractivity contribution < 1.29 is 9.90 Å². The minimum absolute atomic E-state index is 0.0837. The summed E-state index contributed by atoms with van der Waals surface area (Å²) in [7, 11) is 0. The minimum Gasteiger partial charge on any atom is -0.508 e. The SMILES string of the molecule is NC(=O)C1CCN(Cc2c(O)cccc2Cl)C1. The predicted octanol–water partition coefficient (Wildman–Crippen LogP) is 1.35. The summed E-state index contributed by atoms with van der Waals surface area (Å²) in [6, 6.07) is 5.07. The molecule has 1 aliphatic heterocycles. The summed E-state index contributed by atoms with van der Waals surface area (Å²) in [4.78, 5) is 13.1. The second-order valence-corrected chi connectivity index (χ2v) is 4.77. The number of likely N-dealkylation sites (tertiary alicyclic amines) is 1. The Morgan fingerprint density at radius 3 is 2.94 bits per heavy atom. The van der Waals surface area contributed by atoms with Crippen molar-refractivity contribution in [2.75, 3.05) is 13.1 Å². The van der Waals surface area contributed by atoms with E-state index in [1.54, 1.807) is 18.2 Å². The fourth-order valence-corrected chi connectivity index (χ4v) is 2.37. The van der Waals surface area contributed by atoms with E-state index in [4.69, 9.17) is 17.3 Å². The molecule has 92 valence electrons. The molecule has 1 unspecified atom stereocenters. The molecular formula is C12H15ClN2O2. The van der Waals surface area contributed by atoms with Gasteiger partial charge < -0.3 is 10.8 Å². The summed E-state index contributed by atoms with van der Waals surface area (Å²) < 4.78 is 0. The highest BCUT2D eigenvalue weighted by Crippen LogP contribution is 2.28. The van der Waals surface area contributed by atoms with Crippen molar-refractivity contribution >= 4 is 17.5 Å². The van der Waals surface area contributed by atoms with Crippen LogP contribution < -0.4 is 5.73 Å². The molecule has 0 bridgehead atoms. The summed E-state index contributed by atoms with van der Waals surface area (Å²) in [5, 5.41) is 10.3. The Balaban J connectivity index is 2.05. The number of benzene rings is 1. The molecular weight excluding hydrogens is 240 g/mol. The third-order valence-corrected chi connectivity index (χ3v) is 3.50. The van der Waals surface area contributed by atoms with Gasteiger partial charge in [0.1, 0.15) is 5.75 Å². The molecule has 0 aliphatic carbocycles. The topological polar surface area (TPSA) is 66.6 Å². The van der Waals surface area contributed by atoms with Crippen LogP contribution in [0.25, 0.3) is 0 Å². The van der Waals surface area contributed by atoms with Gasteiger partial charge in [-0.15, -0.1) is 0 Å². The van der Waals surface area contributed by atoms with Gasteiger partial charge in [0, 0.05) is 23.7 Å². The van der Waals surface area contributed by atoms with Gasteiger partial charge in [-0.25, -0.2) is 0 Å². The molecule has 0 radical (unpaired) electrons. The van der Waals surface area contributed by atoms with Crippen molar-refractivity contribution in [3.8, 4) is 5.75 Å². The first-order chi connectivity index (χ1) is 8.08. The van der Waals surface area contributed by atoms with Gasteiger partial charge in [0.25, 0.3) is 0 Å². The number of primary amides is 1. The number of hydrogen-bond acceptors (Lipinski definition) is 3. The Hall–Kier alpha value is -1.26. The predicted molar refractivity (Wildman–Crippen MR) is 65.7 cm³/mol. The molecule has 5 heteroatoms. The number of aromatic hydroxyl groups is 1. The molecule has 0 aromatic heterocycles. The van der Waals surface area contributed by atoms with Crippen LogP contribution in [-0.2, 0) is 11.3 Å². The lowest BCUT2D eigenvalue weighted by molar-refractivity contribution is -0.121. The lowest BCUT2D eigenvalue weighted by Crippen LogP contribution is -2.27. The molecule has 1 aromatic carbocycles. The van der Waals surface area contributed by atoms with E-state index in [0.717, 1.165) is 13.0 Å². The number of nitrogens with two attached hydrogens (primary N) is 1. The molecule has 4 nitrogen and oxygen atoms in total. The van der Waals surface area contributed by atoms with Gasteiger partial charge in [-0.3, -0.25) is 9.69 Å². The summed E-state index contributed by atoms with van der Waals surface area (Å²) in [6.45, 7) is 1.99. The Morgan fingerprint density at radius 1 is 1.59 bits per heavy atom. The average Bonchev–Trinajstić information content (AvgIpc) is 2.72. The third-order valence-electron chi connectivity index (χ3n) is 3.15. The largest absolute Gasteiger partial charge is 0.508 e. The number of carbonyl (C=O) groups is 1. The van der Waals surface area contributed by atoms with Gasteiger partial charge in [-0.05, 0) is 25.1 Å². The lowest BCUT2D eigenvalue weighted by Gasteiger charge is -2.17. The van der Waals surface area contributed by atoms with Gasteiger partial charge in [0.2, 0.25) is 5.91 Å². The summed E-state index contributed by atoms with van der Waals surface area (Å²) in [6.07, 6.45) is 0.778. The van der Waals surface area contributed by atoms with E-state index < -0.39 is 0 Å². The average molecular weight is 255 g/mol. The van der Waals surface area contributed by atoms with E-state index in [1.165, 1.54) is 0 Å². The van der Waals surface area contributed by atoms with Crippen molar-refractivity contribution in [1.29, 1.82) is 0 Å². The normalized spacial score (nSPS) is 20.6. The molecule has 1 amide bonds. The van der Waals surface area contributed by atoms with Gasteiger partial charge in [-0.2, -0.15) is 0 Å². The van der Waals surface area contributed by atoms with Crippen LogP contribution in [0.1, 0.15) is 12.0 Å². The number of amides is 1. The first-order valence-electron chi connectivity index (χ1n) is 5.56. The van der Waals surface area contributed by atoms with Crippen LogP contribution in [0.15, 0.2) is 18.2 Å². The highest BCUT2D eigenvalue weighted by atomic mass is 35.5. The zero-order valence-electron chi connectivity index (χ0n) is 9.40. The zero-order chi connectivity index (χ0) is 12.4. The van der Waals surface area contributed by atoms with Crippen molar-refractivity contribution in [2.24, 2.45) is 11.7 Å². The molecule has 1 heterocycles. The molecule has 17 heavy (non-hydrogen) atoms. The quantitative estimate of drug-likeness (QED) is 0.856. The van der Waals surface area contributed by atoms with Crippen LogP contribution in [-0.4, -0.2) is 29.0 Å². The highest BCUT2D eigenvalue weighted by molar-refractivity contribution is 6.31. The molecule has 1 aliphatic rings. The number of hydrogen-bond donors (Lipinski definition) is 2. The number of rotatable bonds is 3. The summed E-state index contributed by atoms with van der Waals surface area (Å²) in [5.41, 5.74) is 5.98. The lowest BCUT2D eigenvalue weighted by atomic mass is 10.1. The highest BCUT2D eigenvalue weighted by Gasteiger charge is 2.27. The maximum absolute atomic E-state index is 11.1. The van der Waals surface area contributed by atoms with E-state index in [1.807, 2.05) is 0 Å².